The van der Waals surface area contributed by atoms with Gasteiger partial charge in [0.1, 0.15) is 6.33 Å². The zero-order chi connectivity index (χ0) is 21.8. The molecule has 0 spiro atoms. The van der Waals surface area contributed by atoms with Crippen LogP contribution < -0.4 is 16.2 Å². The molecule has 31 heavy (non-hydrogen) atoms. The Bertz CT molecular complexity index is 1270. The molecule has 0 fully saturated rings. The van der Waals surface area contributed by atoms with Crippen LogP contribution in [0.15, 0.2) is 67.1 Å². The zero-order valence-corrected chi connectivity index (χ0v) is 15.7. The van der Waals surface area contributed by atoms with Crippen LogP contribution in [0.1, 0.15) is 0 Å². The maximum absolute atomic E-state index is 11.8. The smallest absolute Gasteiger partial charge is 0.334 e. The predicted molar refractivity (Wildman–Crippen MR) is 114 cm³/mol. The first kappa shape index (κ1) is 19.4. The maximum Gasteiger partial charge on any atom is 0.355 e. The van der Waals surface area contributed by atoms with Crippen LogP contribution in [0.25, 0.3) is 10.9 Å². The molecular weight excluding hydrogens is 404 g/mol. The van der Waals surface area contributed by atoms with Crippen molar-refractivity contribution in [1.82, 2.24) is 15.0 Å². The summed E-state index contributed by atoms with van der Waals surface area (Å²) in [7, 11) is 0. The molecule has 0 aliphatic carbocycles. The van der Waals surface area contributed by atoms with Gasteiger partial charge in [0.15, 0.2) is 0 Å². The lowest BCUT2D eigenvalue weighted by molar-refractivity contribution is -0.384. The Hall–Kier alpha value is -4.87. The number of nitrogens with zero attached hydrogens (tertiary/aromatic N) is 5. The van der Waals surface area contributed by atoms with Crippen molar-refractivity contribution in [1.29, 1.82) is 0 Å². The molecule has 0 radical (unpaired) electrons. The lowest BCUT2D eigenvalue weighted by Gasteiger charge is -2.12. The van der Waals surface area contributed by atoms with E-state index in [0.29, 0.717) is 11.4 Å². The Morgan fingerprint density at radius 3 is 2.29 bits per heavy atom. The van der Waals surface area contributed by atoms with Crippen molar-refractivity contribution in [2.75, 3.05) is 16.2 Å². The van der Waals surface area contributed by atoms with Crippen molar-refractivity contribution in [2.45, 2.75) is 0 Å². The summed E-state index contributed by atoms with van der Waals surface area (Å²) in [5, 5.41) is 26.3. The molecule has 2 aromatic carbocycles. The average Bonchev–Trinajstić information content (AvgIpc) is 2.78. The summed E-state index contributed by atoms with van der Waals surface area (Å²) in [4.78, 5) is 33.6. The van der Waals surface area contributed by atoms with Gasteiger partial charge in [-0.2, -0.15) is 0 Å². The van der Waals surface area contributed by atoms with Crippen molar-refractivity contribution in [2.24, 2.45) is 0 Å². The number of pyridine rings is 1. The highest BCUT2D eigenvalue weighted by Crippen LogP contribution is 2.33. The number of rotatable bonds is 7. The minimum absolute atomic E-state index is 0.00986. The number of benzene rings is 2. The van der Waals surface area contributed by atoms with Gasteiger partial charge in [-0.1, -0.05) is 6.07 Å². The number of hydrogen-bond acceptors (Lipinski definition) is 10. The topological polar surface area (TPSA) is 161 Å². The molecule has 12 heteroatoms. The van der Waals surface area contributed by atoms with Gasteiger partial charge < -0.3 is 5.32 Å². The summed E-state index contributed by atoms with van der Waals surface area (Å²) in [6.07, 6.45) is 2.84. The van der Waals surface area contributed by atoms with Crippen molar-refractivity contribution in [3.63, 3.8) is 0 Å². The van der Waals surface area contributed by atoms with Gasteiger partial charge in [0.05, 0.1) is 21.1 Å². The summed E-state index contributed by atoms with van der Waals surface area (Å²) in [5.74, 6) is -0.0939. The number of nitro benzene ring substituents is 1. The highest BCUT2D eigenvalue weighted by Gasteiger charge is 2.23. The number of nitrogens with one attached hydrogen (secondary N) is 3. The monoisotopic (exact) mass is 418 g/mol. The van der Waals surface area contributed by atoms with E-state index in [1.54, 1.807) is 24.4 Å². The molecule has 2 heterocycles. The Kier molecular flexibility index (Phi) is 5.17. The van der Waals surface area contributed by atoms with Crippen LogP contribution in [-0.2, 0) is 0 Å². The van der Waals surface area contributed by atoms with Gasteiger partial charge in [0, 0.05) is 29.4 Å². The summed E-state index contributed by atoms with van der Waals surface area (Å²) >= 11 is 0. The molecule has 0 aliphatic rings. The second-order valence-electron chi connectivity index (χ2n) is 6.23. The molecule has 4 rings (SSSR count). The van der Waals surface area contributed by atoms with Crippen LogP contribution in [0.3, 0.4) is 0 Å². The second-order valence-corrected chi connectivity index (χ2v) is 6.23. The molecule has 0 amide bonds. The number of hydrazine groups is 1. The van der Waals surface area contributed by atoms with E-state index in [0.717, 1.165) is 10.9 Å². The average molecular weight is 418 g/mol. The quantitative estimate of drug-likeness (QED) is 0.295. The number of hydrogen-bond donors (Lipinski definition) is 3. The van der Waals surface area contributed by atoms with Gasteiger partial charge in [-0.05, 0) is 36.4 Å². The molecule has 0 atom stereocenters. The number of anilines is 4. The summed E-state index contributed by atoms with van der Waals surface area (Å²) < 4.78 is 0. The van der Waals surface area contributed by atoms with E-state index in [-0.39, 0.29) is 23.0 Å². The molecule has 12 nitrogen and oxygen atoms in total. The number of non-ortho nitro benzene ring substituents is 1. The Balaban J connectivity index is 1.62. The standard InChI is InChI=1S/C19H14N8O4/c28-26(29)13-8-6-12(7-9-13)24-25-19-17(27(30)31)18(21-11-22-19)23-16-5-1-4-15-14(16)3-2-10-20-15/h1-11,24H,(H2,21,22,23,25). The van der Waals surface area contributed by atoms with Gasteiger partial charge in [0.25, 0.3) is 5.69 Å². The normalized spacial score (nSPS) is 10.5. The molecule has 2 aromatic heterocycles. The van der Waals surface area contributed by atoms with E-state index in [1.165, 1.54) is 30.6 Å². The SMILES string of the molecule is O=[N+]([O-])c1ccc(NNc2ncnc(Nc3cccc4ncccc34)c2[N+](=O)[O-])cc1. The highest BCUT2D eigenvalue weighted by molar-refractivity contribution is 5.93. The van der Waals surface area contributed by atoms with E-state index in [1.807, 2.05) is 12.1 Å². The van der Waals surface area contributed by atoms with E-state index < -0.39 is 9.85 Å². The maximum atomic E-state index is 11.8. The molecular formula is C19H14N8O4. The fourth-order valence-electron chi connectivity index (χ4n) is 2.87. The van der Waals surface area contributed by atoms with Crippen LogP contribution >= 0.6 is 0 Å². The third-order valence-electron chi connectivity index (χ3n) is 4.31. The molecule has 4 aromatic rings. The van der Waals surface area contributed by atoms with E-state index >= 15 is 0 Å². The van der Waals surface area contributed by atoms with Crippen LogP contribution in [0.5, 0.6) is 0 Å². The van der Waals surface area contributed by atoms with Gasteiger partial charge in [0.2, 0.25) is 11.6 Å². The largest absolute Gasteiger partial charge is 0.355 e. The van der Waals surface area contributed by atoms with Gasteiger partial charge in [-0.15, -0.1) is 0 Å². The number of nitro groups is 2. The Morgan fingerprint density at radius 1 is 0.774 bits per heavy atom. The minimum Gasteiger partial charge on any atom is -0.334 e. The minimum atomic E-state index is -0.606. The number of aromatic nitrogens is 3. The molecule has 0 saturated carbocycles. The first-order valence-electron chi connectivity index (χ1n) is 8.89. The van der Waals surface area contributed by atoms with E-state index in [2.05, 4.69) is 31.1 Å². The van der Waals surface area contributed by atoms with Gasteiger partial charge in [-0.3, -0.25) is 36.1 Å². The second kappa shape index (κ2) is 8.24. The fourth-order valence-corrected chi connectivity index (χ4v) is 2.87. The first-order chi connectivity index (χ1) is 15.0. The van der Waals surface area contributed by atoms with Crippen LogP contribution in [0, 0.1) is 20.2 Å². The molecule has 0 unspecified atom stereocenters. The van der Waals surface area contributed by atoms with E-state index in [9.17, 15) is 20.2 Å². The van der Waals surface area contributed by atoms with Crippen LogP contribution in [0.2, 0.25) is 0 Å². The Labute approximate surface area is 174 Å². The molecule has 0 aliphatic heterocycles. The lowest BCUT2D eigenvalue weighted by Crippen LogP contribution is -2.13. The van der Waals surface area contributed by atoms with Crippen LogP contribution in [0.4, 0.5) is 34.4 Å². The molecule has 0 saturated heterocycles. The fraction of sp³-hybridized carbons (Fsp3) is 0. The third-order valence-corrected chi connectivity index (χ3v) is 4.31. The Morgan fingerprint density at radius 2 is 1.55 bits per heavy atom. The van der Waals surface area contributed by atoms with Crippen molar-refractivity contribution >= 4 is 45.3 Å². The summed E-state index contributed by atoms with van der Waals surface area (Å²) in [5.41, 5.74) is 6.72. The molecule has 154 valence electrons. The number of fused-ring (bicyclic) bond motifs is 1. The van der Waals surface area contributed by atoms with Gasteiger partial charge in [-0.25, -0.2) is 9.97 Å². The molecule has 0 bridgehead atoms. The highest BCUT2D eigenvalue weighted by atomic mass is 16.6. The summed E-state index contributed by atoms with van der Waals surface area (Å²) in [6.45, 7) is 0. The zero-order valence-electron chi connectivity index (χ0n) is 15.7. The van der Waals surface area contributed by atoms with Gasteiger partial charge >= 0.3 is 5.69 Å². The predicted octanol–water partition coefficient (Wildman–Crippen LogP) is 4.02. The van der Waals surface area contributed by atoms with Crippen molar-refractivity contribution < 1.29 is 9.85 Å². The molecule has 3 N–H and O–H groups in total. The third kappa shape index (κ3) is 4.12. The first-order valence-corrected chi connectivity index (χ1v) is 8.89. The van der Waals surface area contributed by atoms with E-state index in [4.69, 9.17) is 0 Å². The van der Waals surface area contributed by atoms with Crippen molar-refractivity contribution in [3.8, 4) is 0 Å². The lowest BCUT2D eigenvalue weighted by atomic mass is 10.2. The summed E-state index contributed by atoms with van der Waals surface area (Å²) in [6, 6.07) is 14.5. The van der Waals surface area contributed by atoms with Crippen molar-refractivity contribution in [3.05, 3.63) is 87.4 Å². The van der Waals surface area contributed by atoms with Crippen LogP contribution in [-0.4, -0.2) is 24.8 Å².